The zero-order chi connectivity index (χ0) is 13.0. The molecule has 1 aliphatic rings. The Labute approximate surface area is 125 Å². The maximum absolute atomic E-state index is 12.0. The van der Waals surface area contributed by atoms with Gasteiger partial charge in [-0.25, -0.2) is 0 Å². The number of nitrogens with zero attached hydrogens (tertiary/aromatic N) is 1. The summed E-state index contributed by atoms with van der Waals surface area (Å²) in [5, 5.41) is 4.07. The lowest BCUT2D eigenvalue weighted by Gasteiger charge is -2.19. The maximum atomic E-state index is 12.0. The van der Waals surface area contributed by atoms with Gasteiger partial charge in [0.2, 0.25) is 5.91 Å². The summed E-state index contributed by atoms with van der Waals surface area (Å²) in [6.07, 6.45) is 2.89. The third-order valence-electron chi connectivity index (χ3n) is 3.34. The van der Waals surface area contributed by atoms with Crippen molar-refractivity contribution in [2.24, 2.45) is 0 Å². The van der Waals surface area contributed by atoms with Crippen LogP contribution in [0.3, 0.4) is 0 Å². The predicted octanol–water partition coefficient (Wildman–Crippen LogP) is 2.86. The SMILES string of the molecule is CN(Cc1ccc(Cl)cc1)C(=O)CC1CCCN1.Cl. The van der Waals surface area contributed by atoms with Gasteiger partial charge in [0.1, 0.15) is 0 Å². The summed E-state index contributed by atoms with van der Waals surface area (Å²) in [7, 11) is 1.85. The van der Waals surface area contributed by atoms with Gasteiger partial charge in [-0.1, -0.05) is 23.7 Å². The number of hydrogen-bond donors (Lipinski definition) is 1. The van der Waals surface area contributed by atoms with Gasteiger partial charge < -0.3 is 10.2 Å². The number of amides is 1. The number of hydrogen-bond acceptors (Lipinski definition) is 2. The lowest BCUT2D eigenvalue weighted by atomic mass is 10.1. The molecule has 1 fully saturated rings. The van der Waals surface area contributed by atoms with E-state index in [4.69, 9.17) is 11.6 Å². The van der Waals surface area contributed by atoms with E-state index in [0.717, 1.165) is 23.6 Å². The Hall–Kier alpha value is -0.770. The fourth-order valence-electron chi connectivity index (χ4n) is 2.25. The van der Waals surface area contributed by atoms with Crippen LogP contribution in [-0.2, 0) is 11.3 Å². The van der Waals surface area contributed by atoms with Crippen LogP contribution in [0, 0.1) is 0 Å². The van der Waals surface area contributed by atoms with Gasteiger partial charge in [-0.3, -0.25) is 4.79 Å². The third kappa shape index (κ3) is 5.01. The molecule has 1 aromatic rings. The first-order valence-electron chi connectivity index (χ1n) is 6.37. The number of rotatable bonds is 4. The van der Waals surface area contributed by atoms with Gasteiger partial charge in [0.25, 0.3) is 0 Å². The van der Waals surface area contributed by atoms with Crippen molar-refractivity contribution in [1.82, 2.24) is 10.2 Å². The van der Waals surface area contributed by atoms with Crippen molar-refractivity contribution in [3.05, 3.63) is 34.9 Å². The molecule has 1 aliphatic heterocycles. The third-order valence-corrected chi connectivity index (χ3v) is 3.59. The second-order valence-corrected chi connectivity index (χ2v) is 5.31. The first-order valence-corrected chi connectivity index (χ1v) is 6.75. The predicted molar refractivity (Wildman–Crippen MR) is 80.8 cm³/mol. The van der Waals surface area contributed by atoms with Gasteiger partial charge in [-0.15, -0.1) is 12.4 Å². The highest BCUT2D eigenvalue weighted by molar-refractivity contribution is 6.30. The molecule has 0 spiro atoms. The Bertz CT molecular complexity index is 402. The minimum atomic E-state index is 0. The molecule has 1 heterocycles. The summed E-state index contributed by atoms with van der Waals surface area (Å²) in [5.41, 5.74) is 1.11. The molecule has 1 amide bonds. The highest BCUT2D eigenvalue weighted by Gasteiger charge is 2.19. The minimum absolute atomic E-state index is 0. The molecule has 0 aliphatic carbocycles. The van der Waals surface area contributed by atoms with Gasteiger partial charge in [-0.2, -0.15) is 0 Å². The topological polar surface area (TPSA) is 32.3 Å². The second kappa shape index (κ2) is 7.73. The molecule has 1 atom stereocenters. The summed E-state index contributed by atoms with van der Waals surface area (Å²) in [5.74, 6) is 0.198. The highest BCUT2D eigenvalue weighted by Crippen LogP contribution is 2.13. The molecule has 1 saturated heterocycles. The van der Waals surface area contributed by atoms with Crippen LogP contribution < -0.4 is 5.32 Å². The Morgan fingerprint density at radius 1 is 1.42 bits per heavy atom. The van der Waals surface area contributed by atoms with Crippen LogP contribution in [0.1, 0.15) is 24.8 Å². The Morgan fingerprint density at radius 3 is 2.68 bits per heavy atom. The molecule has 0 saturated carbocycles. The fraction of sp³-hybridized carbons (Fsp3) is 0.500. The summed E-state index contributed by atoms with van der Waals surface area (Å²) in [6.45, 7) is 1.68. The van der Waals surface area contributed by atoms with Crippen LogP contribution >= 0.6 is 24.0 Å². The molecule has 3 nitrogen and oxygen atoms in total. The van der Waals surface area contributed by atoms with Crippen molar-refractivity contribution in [2.75, 3.05) is 13.6 Å². The van der Waals surface area contributed by atoms with Crippen molar-refractivity contribution in [2.45, 2.75) is 31.8 Å². The monoisotopic (exact) mass is 302 g/mol. The van der Waals surface area contributed by atoms with E-state index in [0.29, 0.717) is 19.0 Å². The zero-order valence-corrected chi connectivity index (χ0v) is 12.6. The molecule has 2 rings (SSSR count). The highest BCUT2D eigenvalue weighted by atomic mass is 35.5. The van der Waals surface area contributed by atoms with E-state index >= 15 is 0 Å². The molecule has 1 unspecified atom stereocenters. The molecule has 5 heteroatoms. The molecule has 19 heavy (non-hydrogen) atoms. The molecule has 1 N–H and O–H groups in total. The van der Waals surface area contributed by atoms with E-state index in [-0.39, 0.29) is 18.3 Å². The van der Waals surface area contributed by atoms with Gasteiger partial charge in [-0.05, 0) is 37.1 Å². The normalized spacial score (nSPS) is 17.9. The number of benzene rings is 1. The van der Waals surface area contributed by atoms with Crippen LogP contribution in [0.5, 0.6) is 0 Å². The van der Waals surface area contributed by atoms with E-state index < -0.39 is 0 Å². The van der Waals surface area contributed by atoms with Crippen molar-refractivity contribution in [1.29, 1.82) is 0 Å². The fourth-order valence-corrected chi connectivity index (χ4v) is 2.38. The van der Waals surface area contributed by atoms with Crippen molar-refractivity contribution >= 4 is 29.9 Å². The minimum Gasteiger partial charge on any atom is -0.341 e. The molecule has 0 bridgehead atoms. The summed E-state index contributed by atoms with van der Waals surface area (Å²) >= 11 is 5.84. The molecule has 0 radical (unpaired) electrons. The van der Waals surface area contributed by atoms with Crippen molar-refractivity contribution in [3.63, 3.8) is 0 Å². The Morgan fingerprint density at radius 2 is 2.11 bits per heavy atom. The average Bonchev–Trinajstić information content (AvgIpc) is 2.85. The summed E-state index contributed by atoms with van der Waals surface area (Å²) in [6, 6.07) is 7.99. The summed E-state index contributed by atoms with van der Waals surface area (Å²) < 4.78 is 0. The second-order valence-electron chi connectivity index (χ2n) is 4.87. The van der Waals surface area contributed by atoms with Crippen molar-refractivity contribution < 1.29 is 4.79 Å². The Balaban J connectivity index is 0.00000180. The van der Waals surface area contributed by atoms with Crippen LogP contribution in [0.2, 0.25) is 5.02 Å². The number of halogens is 2. The first-order chi connectivity index (χ1) is 8.65. The van der Waals surface area contributed by atoms with E-state index in [1.807, 2.05) is 31.3 Å². The van der Waals surface area contributed by atoms with Gasteiger partial charge in [0.05, 0.1) is 0 Å². The van der Waals surface area contributed by atoms with E-state index in [9.17, 15) is 4.79 Å². The summed E-state index contributed by atoms with van der Waals surface area (Å²) in [4.78, 5) is 13.8. The lowest BCUT2D eigenvalue weighted by molar-refractivity contribution is -0.130. The first kappa shape index (κ1) is 16.3. The quantitative estimate of drug-likeness (QED) is 0.927. The number of carbonyl (C=O) groups excluding carboxylic acids is 1. The Kier molecular flexibility index (Phi) is 6.63. The average molecular weight is 303 g/mol. The number of carbonyl (C=O) groups is 1. The van der Waals surface area contributed by atoms with Crippen LogP contribution in [0.25, 0.3) is 0 Å². The molecular formula is C14H20Cl2N2O. The van der Waals surface area contributed by atoms with Gasteiger partial charge >= 0.3 is 0 Å². The number of nitrogens with one attached hydrogen (secondary N) is 1. The lowest BCUT2D eigenvalue weighted by Crippen LogP contribution is -2.33. The maximum Gasteiger partial charge on any atom is 0.224 e. The van der Waals surface area contributed by atoms with E-state index in [1.54, 1.807) is 4.90 Å². The largest absolute Gasteiger partial charge is 0.341 e. The zero-order valence-electron chi connectivity index (χ0n) is 11.1. The molecular weight excluding hydrogens is 283 g/mol. The van der Waals surface area contributed by atoms with Crippen LogP contribution in [-0.4, -0.2) is 30.4 Å². The van der Waals surface area contributed by atoms with Gasteiger partial charge in [0, 0.05) is 31.1 Å². The molecule has 0 aromatic heterocycles. The van der Waals surface area contributed by atoms with E-state index in [1.165, 1.54) is 6.42 Å². The molecule has 1 aromatic carbocycles. The van der Waals surface area contributed by atoms with Crippen LogP contribution in [0.4, 0.5) is 0 Å². The standard InChI is InChI=1S/C14H19ClN2O.ClH/c1-17(10-11-4-6-12(15)7-5-11)14(18)9-13-3-2-8-16-13;/h4-7,13,16H,2-3,8-10H2,1H3;1H. The van der Waals surface area contributed by atoms with Crippen molar-refractivity contribution in [3.8, 4) is 0 Å². The van der Waals surface area contributed by atoms with Crippen LogP contribution in [0.15, 0.2) is 24.3 Å². The van der Waals surface area contributed by atoms with E-state index in [2.05, 4.69) is 5.32 Å². The molecule has 106 valence electrons. The smallest absolute Gasteiger partial charge is 0.224 e. The van der Waals surface area contributed by atoms with Gasteiger partial charge in [0.15, 0.2) is 0 Å².